The lowest BCUT2D eigenvalue weighted by Gasteiger charge is -2.41. The fourth-order valence-corrected chi connectivity index (χ4v) is 6.90. The standard InChI is InChI=1S/C33H34F6N2O3S/c1-20(23-16-24(32(34,35)36)18-25(17-23)33(37,38)39)44-28-13-14-41(19-27(28)21-6-3-2-4-7-21)31(43)22-9-11-26(12-10-22)40-30(42)29-8-5-15-45-29/h2-8,15-18,20,22,26-28H,9-14,19H2,1H3,(H,40,42)/t20-,22?,26?,27+,28+/m1/s1. The number of thiophene rings is 1. The van der Waals surface area contributed by atoms with E-state index in [0.717, 1.165) is 5.56 Å². The highest BCUT2D eigenvalue weighted by Gasteiger charge is 2.40. The zero-order chi connectivity index (χ0) is 32.4. The zero-order valence-electron chi connectivity index (χ0n) is 24.5. The van der Waals surface area contributed by atoms with Crippen molar-refractivity contribution in [2.24, 2.45) is 5.92 Å². The minimum Gasteiger partial charge on any atom is -0.370 e. The number of piperidine rings is 1. The molecule has 5 rings (SSSR count). The van der Waals surface area contributed by atoms with Crippen LogP contribution in [0.3, 0.4) is 0 Å². The number of nitrogens with zero attached hydrogens (tertiary/aromatic N) is 1. The van der Waals surface area contributed by atoms with Crippen molar-refractivity contribution in [1.29, 1.82) is 0 Å². The molecular weight excluding hydrogens is 618 g/mol. The van der Waals surface area contributed by atoms with Crippen LogP contribution in [0.4, 0.5) is 26.3 Å². The van der Waals surface area contributed by atoms with E-state index in [-0.39, 0.29) is 41.3 Å². The van der Waals surface area contributed by atoms with E-state index < -0.39 is 35.7 Å². The molecule has 5 nitrogen and oxygen atoms in total. The summed E-state index contributed by atoms with van der Waals surface area (Å²) in [6.45, 7) is 2.11. The predicted molar refractivity (Wildman–Crippen MR) is 158 cm³/mol. The highest BCUT2D eigenvalue weighted by atomic mass is 32.1. The average molecular weight is 653 g/mol. The number of benzene rings is 2. The summed E-state index contributed by atoms with van der Waals surface area (Å²) in [6.07, 6.45) is -8.51. The van der Waals surface area contributed by atoms with E-state index in [1.165, 1.54) is 18.3 Å². The summed E-state index contributed by atoms with van der Waals surface area (Å²) in [5, 5.41) is 4.90. The van der Waals surface area contributed by atoms with E-state index in [1.807, 2.05) is 41.8 Å². The van der Waals surface area contributed by atoms with E-state index in [1.54, 1.807) is 11.0 Å². The average Bonchev–Trinajstić information content (AvgIpc) is 3.56. The largest absolute Gasteiger partial charge is 0.416 e. The molecule has 1 aliphatic carbocycles. The molecule has 242 valence electrons. The van der Waals surface area contributed by atoms with Crippen molar-refractivity contribution in [1.82, 2.24) is 10.2 Å². The topological polar surface area (TPSA) is 58.6 Å². The lowest BCUT2D eigenvalue weighted by atomic mass is 9.83. The van der Waals surface area contributed by atoms with Crippen molar-refractivity contribution in [2.45, 2.75) is 75.5 Å². The van der Waals surface area contributed by atoms with Gasteiger partial charge in [-0.15, -0.1) is 11.3 Å². The van der Waals surface area contributed by atoms with Crippen molar-refractivity contribution in [3.05, 3.63) is 93.2 Å². The summed E-state index contributed by atoms with van der Waals surface area (Å²) in [5.74, 6) is -0.626. The highest BCUT2D eigenvalue weighted by molar-refractivity contribution is 7.12. The van der Waals surface area contributed by atoms with Gasteiger partial charge in [0.15, 0.2) is 0 Å². The van der Waals surface area contributed by atoms with E-state index in [9.17, 15) is 35.9 Å². The smallest absolute Gasteiger partial charge is 0.370 e. The first-order valence-corrected chi connectivity index (χ1v) is 15.8. The summed E-state index contributed by atoms with van der Waals surface area (Å²) in [5.41, 5.74) is -2.12. The Balaban J connectivity index is 1.27. The van der Waals surface area contributed by atoms with Gasteiger partial charge < -0.3 is 15.0 Å². The third-order valence-electron chi connectivity index (χ3n) is 8.70. The SMILES string of the molecule is C[C@@H](O[C@H]1CCN(C(=O)C2CCC(NC(=O)c3cccs3)CC2)C[C@H]1c1ccccc1)c1cc(C(F)(F)F)cc(C(F)(F)F)c1. The molecule has 2 heterocycles. The summed E-state index contributed by atoms with van der Waals surface area (Å²) in [7, 11) is 0. The molecule has 45 heavy (non-hydrogen) atoms. The Morgan fingerprint density at radius 2 is 1.53 bits per heavy atom. The molecule has 0 radical (unpaired) electrons. The van der Waals surface area contributed by atoms with E-state index in [2.05, 4.69) is 5.32 Å². The molecule has 0 unspecified atom stereocenters. The number of hydrogen-bond acceptors (Lipinski definition) is 4. The van der Waals surface area contributed by atoms with Crippen LogP contribution in [-0.2, 0) is 21.9 Å². The molecule has 1 aromatic heterocycles. The number of carbonyl (C=O) groups excluding carboxylic acids is 2. The van der Waals surface area contributed by atoms with Gasteiger partial charge in [-0.05, 0) is 79.8 Å². The van der Waals surface area contributed by atoms with Crippen LogP contribution in [0.1, 0.15) is 83.0 Å². The van der Waals surface area contributed by atoms with Crippen LogP contribution in [0.5, 0.6) is 0 Å². The molecule has 1 saturated carbocycles. The van der Waals surface area contributed by atoms with Crippen LogP contribution in [0.2, 0.25) is 0 Å². The van der Waals surface area contributed by atoms with Gasteiger partial charge in [-0.3, -0.25) is 9.59 Å². The Hall–Kier alpha value is -3.38. The van der Waals surface area contributed by atoms with Gasteiger partial charge in [0.1, 0.15) is 0 Å². The monoisotopic (exact) mass is 652 g/mol. The van der Waals surface area contributed by atoms with Crippen molar-refractivity contribution >= 4 is 23.2 Å². The molecule has 1 saturated heterocycles. The molecule has 2 aromatic carbocycles. The number of halogens is 6. The molecule has 2 aliphatic rings. The van der Waals surface area contributed by atoms with E-state index >= 15 is 0 Å². The maximum absolute atomic E-state index is 13.6. The Labute approximate surface area is 261 Å². The Morgan fingerprint density at radius 1 is 0.889 bits per heavy atom. The van der Waals surface area contributed by atoms with Crippen LogP contribution in [-0.4, -0.2) is 41.9 Å². The van der Waals surface area contributed by atoms with Crippen molar-refractivity contribution < 1.29 is 40.7 Å². The maximum atomic E-state index is 13.6. The summed E-state index contributed by atoms with van der Waals surface area (Å²) in [6, 6.07) is 14.4. The number of amides is 2. The van der Waals surface area contributed by atoms with Crippen molar-refractivity contribution in [2.75, 3.05) is 13.1 Å². The van der Waals surface area contributed by atoms with E-state index in [0.29, 0.717) is 62.2 Å². The van der Waals surface area contributed by atoms with E-state index in [4.69, 9.17) is 4.74 Å². The highest BCUT2D eigenvalue weighted by Crippen LogP contribution is 2.40. The lowest BCUT2D eigenvalue weighted by Crippen LogP contribution is -2.49. The Kier molecular flexibility index (Phi) is 9.93. The minimum absolute atomic E-state index is 0.00458. The van der Waals surface area contributed by atoms with Crippen molar-refractivity contribution in [3.63, 3.8) is 0 Å². The number of hydrogen-bond donors (Lipinski definition) is 1. The molecule has 2 amide bonds. The second-order valence-electron chi connectivity index (χ2n) is 11.7. The minimum atomic E-state index is -4.96. The van der Waals surface area contributed by atoms with Gasteiger partial charge in [-0.1, -0.05) is 36.4 Å². The number of nitrogens with one attached hydrogen (secondary N) is 1. The van der Waals surface area contributed by atoms with Gasteiger partial charge in [0.05, 0.1) is 28.2 Å². The first-order chi connectivity index (χ1) is 21.3. The van der Waals surface area contributed by atoms with Gasteiger partial charge in [0, 0.05) is 31.0 Å². The molecular formula is C33H34F6N2O3S. The third-order valence-corrected chi connectivity index (χ3v) is 9.57. The number of carbonyl (C=O) groups is 2. The fraction of sp³-hybridized carbons (Fsp3) is 0.455. The molecule has 0 bridgehead atoms. The van der Waals surface area contributed by atoms with Crippen LogP contribution in [0, 0.1) is 5.92 Å². The molecule has 0 spiro atoms. The molecule has 1 N–H and O–H groups in total. The number of alkyl halides is 6. The van der Waals surface area contributed by atoms with Gasteiger partial charge in [-0.25, -0.2) is 0 Å². The summed E-state index contributed by atoms with van der Waals surface area (Å²) < 4.78 is 87.1. The van der Waals surface area contributed by atoms with Gasteiger partial charge in [0.25, 0.3) is 5.91 Å². The van der Waals surface area contributed by atoms with Crippen LogP contribution < -0.4 is 5.32 Å². The second kappa shape index (κ2) is 13.5. The molecule has 2 fully saturated rings. The normalized spacial score (nSPS) is 23.4. The number of likely N-dealkylation sites (tertiary alicyclic amines) is 1. The van der Waals surface area contributed by atoms with Crippen molar-refractivity contribution in [3.8, 4) is 0 Å². The molecule has 3 aromatic rings. The number of rotatable bonds is 7. The Bertz CT molecular complexity index is 1420. The summed E-state index contributed by atoms with van der Waals surface area (Å²) in [4.78, 5) is 28.5. The quantitative estimate of drug-likeness (QED) is 0.262. The number of ether oxygens (including phenoxy) is 1. The maximum Gasteiger partial charge on any atom is 0.416 e. The molecule has 1 aliphatic heterocycles. The second-order valence-corrected chi connectivity index (χ2v) is 12.7. The van der Waals surface area contributed by atoms with Crippen LogP contribution in [0.15, 0.2) is 66.0 Å². The first-order valence-electron chi connectivity index (χ1n) is 14.9. The third kappa shape index (κ3) is 8.07. The molecule has 12 heteroatoms. The lowest BCUT2D eigenvalue weighted by molar-refractivity contribution is -0.143. The molecule has 3 atom stereocenters. The van der Waals surface area contributed by atoms with Crippen LogP contribution in [0.25, 0.3) is 0 Å². The predicted octanol–water partition coefficient (Wildman–Crippen LogP) is 8.24. The fourth-order valence-electron chi connectivity index (χ4n) is 6.28. The Morgan fingerprint density at radius 3 is 2.11 bits per heavy atom. The first kappa shape index (κ1) is 33.0. The van der Waals surface area contributed by atoms with Crippen LogP contribution >= 0.6 is 11.3 Å². The van der Waals surface area contributed by atoms with Gasteiger partial charge >= 0.3 is 12.4 Å². The zero-order valence-corrected chi connectivity index (χ0v) is 25.4. The van der Waals surface area contributed by atoms with Gasteiger partial charge in [0.2, 0.25) is 5.91 Å². The van der Waals surface area contributed by atoms with Gasteiger partial charge in [-0.2, -0.15) is 26.3 Å². The summed E-state index contributed by atoms with van der Waals surface area (Å²) >= 11 is 1.37.